The molecule has 0 spiro atoms. The van der Waals surface area contributed by atoms with Crippen LogP contribution in [-0.2, 0) is 6.54 Å². The lowest BCUT2D eigenvalue weighted by Gasteiger charge is -2.11. The van der Waals surface area contributed by atoms with Crippen molar-refractivity contribution in [2.45, 2.75) is 25.4 Å². The molecule has 5 nitrogen and oxygen atoms in total. The molecule has 0 aromatic carbocycles. The quantitative estimate of drug-likeness (QED) is 0.818. The number of hydrogen-bond acceptors (Lipinski definition) is 4. The molecule has 1 aliphatic rings. The van der Waals surface area contributed by atoms with Crippen LogP contribution in [0.2, 0.25) is 0 Å². The average molecular weight is 230 g/mol. The number of fused-ring (bicyclic) bond motifs is 1. The van der Waals surface area contributed by atoms with E-state index in [0.717, 1.165) is 13.0 Å². The van der Waals surface area contributed by atoms with Crippen molar-refractivity contribution in [3.63, 3.8) is 0 Å². The maximum Gasteiger partial charge on any atom is 0.276 e. The van der Waals surface area contributed by atoms with Crippen molar-refractivity contribution in [1.29, 1.82) is 0 Å². The van der Waals surface area contributed by atoms with Gasteiger partial charge in [0.05, 0.1) is 23.6 Å². The molecule has 0 aliphatic carbocycles. The van der Waals surface area contributed by atoms with Crippen molar-refractivity contribution < 1.29 is 0 Å². The van der Waals surface area contributed by atoms with Gasteiger partial charge in [0.15, 0.2) is 0 Å². The minimum absolute atomic E-state index is 0.0516. The van der Waals surface area contributed by atoms with Crippen LogP contribution in [0.3, 0.4) is 0 Å². The molecule has 1 fully saturated rings. The summed E-state index contributed by atoms with van der Waals surface area (Å²) in [6.07, 6.45) is 5.62. The number of nitrogens with zero attached hydrogens (tertiary/aromatic N) is 3. The second-order valence-corrected chi connectivity index (χ2v) is 4.36. The SMILES string of the molecule is O=c1c2cccnc2cnn1CC1CCCN1. The summed E-state index contributed by atoms with van der Waals surface area (Å²) in [5, 5.41) is 8.18. The molecule has 3 heterocycles. The highest BCUT2D eigenvalue weighted by molar-refractivity contribution is 5.75. The zero-order valence-electron chi connectivity index (χ0n) is 9.47. The molecule has 1 atom stereocenters. The second-order valence-electron chi connectivity index (χ2n) is 4.36. The van der Waals surface area contributed by atoms with Gasteiger partial charge in [-0.25, -0.2) is 4.68 Å². The molecule has 3 rings (SSSR count). The Morgan fingerprint density at radius 3 is 3.29 bits per heavy atom. The predicted octanol–water partition coefficient (Wildman–Crippen LogP) is 0.543. The maximum absolute atomic E-state index is 12.1. The third-order valence-corrected chi connectivity index (χ3v) is 3.18. The highest BCUT2D eigenvalue weighted by atomic mass is 16.1. The molecule has 0 bridgehead atoms. The van der Waals surface area contributed by atoms with Gasteiger partial charge in [-0.05, 0) is 31.5 Å². The molecule has 88 valence electrons. The maximum atomic E-state index is 12.1. The fourth-order valence-electron chi connectivity index (χ4n) is 2.27. The van der Waals surface area contributed by atoms with Crippen LogP contribution in [0.25, 0.3) is 10.9 Å². The molecule has 5 heteroatoms. The van der Waals surface area contributed by atoms with Crippen molar-refractivity contribution in [1.82, 2.24) is 20.1 Å². The largest absolute Gasteiger partial charge is 0.312 e. The summed E-state index contributed by atoms with van der Waals surface area (Å²) in [5.41, 5.74) is 0.609. The summed E-state index contributed by atoms with van der Waals surface area (Å²) in [7, 11) is 0. The molecule has 1 aliphatic heterocycles. The second kappa shape index (κ2) is 4.25. The molecule has 1 N–H and O–H groups in total. The molecule has 0 radical (unpaired) electrons. The number of rotatable bonds is 2. The van der Waals surface area contributed by atoms with E-state index in [2.05, 4.69) is 15.4 Å². The van der Waals surface area contributed by atoms with E-state index < -0.39 is 0 Å². The number of aromatic nitrogens is 3. The molecular weight excluding hydrogens is 216 g/mol. The van der Waals surface area contributed by atoms with Crippen LogP contribution in [-0.4, -0.2) is 27.4 Å². The zero-order chi connectivity index (χ0) is 11.7. The molecule has 17 heavy (non-hydrogen) atoms. The van der Waals surface area contributed by atoms with E-state index in [1.807, 2.05) is 0 Å². The Morgan fingerprint density at radius 1 is 1.53 bits per heavy atom. The summed E-state index contributed by atoms with van der Waals surface area (Å²) in [5.74, 6) is 0. The van der Waals surface area contributed by atoms with Gasteiger partial charge in [-0.1, -0.05) is 0 Å². The summed E-state index contributed by atoms with van der Waals surface area (Å²) in [4.78, 5) is 16.3. The minimum atomic E-state index is -0.0516. The van der Waals surface area contributed by atoms with Crippen molar-refractivity contribution >= 4 is 10.9 Å². The van der Waals surface area contributed by atoms with Crippen LogP contribution in [0.15, 0.2) is 29.3 Å². The molecule has 1 saturated heterocycles. The van der Waals surface area contributed by atoms with E-state index in [1.54, 1.807) is 24.5 Å². The van der Waals surface area contributed by atoms with Crippen molar-refractivity contribution in [2.24, 2.45) is 0 Å². The van der Waals surface area contributed by atoms with Crippen LogP contribution < -0.4 is 10.9 Å². The van der Waals surface area contributed by atoms with Gasteiger partial charge in [-0.3, -0.25) is 9.78 Å². The Hall–Kier alpha value is -1.75. The third-order valence-electron chi connectivity index (χ3n) is 3.18. The average Bonchev–Trinajstić information content (AvgIpc) is 2.86. The van der Waals surface area contributed by atoms with Gasteiger partial charge < -0.3 is 5.32 Å². The topological polar surface area (TPSA) is 59.8 Å². The van der Waals surface area contributed by atoms with Crippen LogP contribution >= 0.6 is 0 Å². The van der Waals surface area contributed by atoms with Gasteiger partial charge in [0.1, 0.15) is 0 Å². The fourth-order valence-corrected chi connectivity index (χ4v) is 2.27. The monoisotopic (exact) mass is 230 g/mol. The lowest BCUT2D eigenvalue weighted by Crippen LogP contribution is -2.33. The fraction of sp³-hybridized carbons (Fsp3) is 0.417. The van der Waals surface area contributed by atoms with Crippen molar-refractivity contribution in [2.75, 3.05) is 6.54 Å². The molecule has 2 aromatic rings. The van der Waals surface area contributed by atoms with Gasteiger partial charge in [0.25, 0.3) is 5.56 Å². The van der Waals surface area contributed by atoms with E-state index in [-0.39, 0.29) is 5.56 Å². The summed E-state index contributed by atoms with van der Waals surface area (Å²) in [6.45, 7) is 1.68. The van der Waals surface area contributed by atoms with Crippen LogP contribution in [0.4, 0.5) is 0 Å². The van der Waals surface area contributed by atoms with Gasteiger partial charge >= 0.3 is 0 Å². The van der Waals surface area contributed by atoms with Crippen LogP contribution in [0, 0.1) is 0 Å². The summed E-state index contributed by atoms with van der Waals surface area (Å²) >= 11 is 0. The van der Waals surface area contributed by atoms with Gasteiger partial charge in [-0.2, -0.15) is 5.10 Å². The normalized spacial score (nSPS) is 19.9. The van der Waals surface area contributed by atoms with Gasteiger partial charge in [0.2, 0.25) is 0 Å². The Morgan fingerprint density at radius 2 is 2.47 bits per heavy atom. The van der Waals surface area contributed by atoms with Gasteiger partial charge in [0, 0.05) is 12.2 Å². The molecule has 2 aromatic heterocycles. The first-order chi connectivity index (χ1) is 8.34. The first-order valence-electron chi connectivity index (χ1n) is 5.89. The molecule has 0 saturated carbocycles. The lowest BCUT2D eigenvalue weighted by molar-refractivity contribution is 0.462. The number of hydrogen-bond donors (Lipinski definition) is 1. The lowest BCUT2D eigenvalue weighted by atomic mass is 10.2. The number of pyridine rings is 1. The highest BCUT2D eigenvalue weighted by Gasteiger charge is 2.16. The first-order valence-corrected chi connectivity index (χ1v) is 5.89. The van der Waals surface area contributed by atoms with Crippen LogP contribution in [0.1, 0.15) is 12.8 Å². The van der Waals surface area contributed by atoms with E-state index in [0.29, 0.717) is 23.5 Å². The Balaban J connectivity index is 1.99. The van der Waals surface area contributed by atoms with E-state index >= 15 is 0 Å². The molecular formula is C12H14N4O. The molecule has 0 amide bonds. The van der Waals surface area contributed by atoms with Crippen molar-refractivity contribution in [3.05, 3.63) is 34.9 Å². The highest BCUT2D eigenvalue weighted by Crippen LogP contribution is 2.07. The smallest absolute Gasteiger partial charge is 0.276 e. The Kier molecular flexibility index (Phi) is 2.60. The van der Waals surface area contributed by atoms with Gasteiger partial charge in [-0.15, -0.1) is 0 Å². The minimum Gasteiger partial charge on any atom is -0.312 e. The van der Waals surface area contributed by atoms with E-state index in [1.165, 1.54) is 11.1 Å². The molecule has 1 unspecified atom stereocenters. The summed E-state index contributed by atoms with van der Waals surface area (Å²) in [6, 6.07) is 3.95. The van der Waals surface area contributed by atoms with Crippen molar-refractivity contribution in [3.8, 4) is 0 Å². The third kappa shape index (κ3) is 1.93. The Bertz CT molecular complexity index is 586. The van der Waals surface area contributed by atoms with E-state index in [4.69, 9.17) is 0 Å². The summed E-state index contributed by atoms with van der Waals surface area (Å²) < 4.78 is 1.53. The van der Waals surface area contributed by atoms with Crippen LogP contribution in [0.5, 0.6) is 0 Å². The first kappa shape index (κ1) is 10.4. The Labute approximate surface area is 98.5 Å². The zero-order valence-corrected chi connectivity index (χ0v) is 9.47. The standard InChI is InChI=1S/C12H14N4O/c17-12-10-4-2-6-14-11(10)7-15-16(12)8-9-3-1-5-13-9/h2,4,6-7,9,13H,1,3,5,8H2. The van der Waals surface area contributed by atoms with E-state index in [9.17, 15) is 4.79 Å². The predicted molar refractivity (Wildman–Crippen MR) is 64.8 cm³/mol. The number of nitrogens with one attached hydrogen (secondary N) is 1.